The van der Waals surface area contributed by atoms with E-state index in [-0.39, 0.29) is 18.5 Å². The minimum Gasteiger partial charge on any atom is -0.394 e. The van der Waals surface area contributed by atoms with E-state index in [9.17, 15) is 4.79 Å². The molecule has 21 heavy (non-hydrogen) atoms. The lowest BCUT2D eigenvalue weighted by Gasteiger charge is -2.16. The topological polar surface area (TPSA) is 90.4 Å². The molecule has 6 heteroatoms. The summed E-state index contributed by atoms with van der Waals surface area (Å²) in [5.74, 6) is 0.208. The molecule has 0 aliphatic carbocycles. The average Bonchev–Trinajstić information content (AvgIpc) is 2.97. The van der Waals surface area contributed by atoms with E-state index in [1.54, 1.807) is 6.20 Å². The van der Waals surface area contributed by atoms with E-state index in [2.05, 4.69) is 4.98 Å². The van der Waals surface area contributed by atoms with Crippen molar-refractivity contribution < 1.29 is 9.84 Å². The lowest BCUT2D eigenvalue weighted by Crippen LogP contribution is -2.28. The first-order valence-electron chi connectivity index (χ1n) is 6.89. The summed E-state index contributed by atoms with van der Waals surface area (Å²) in [4.78, 5) is 15.9. The maximum Gasteiger partial charge on any atom is 0.351 e. The summed E-state index contributed by atoms with van der Waals surface area (Å²) < 4.78 is 7.09. The van der Waals surface area contributed by atoms with E-state index in [4.69, 9.17) is 15.6 Å². The minimum atomic E-state index is -0.434. The molecule has 1 aliphatic heterocycles. The Kier molecular flexibility index (Phi) is 3.72. The highest BCUT2D eigenvalue weighted by atomic mass is 16.5. The highest BCUT2D eigenvalue weighted by molar-refractivity contribution is 5.72. The van der Waals surface area contributed by atoms with Crippen LogP contribution in [0, 0.1) is 0 Å². The van der Waals surface area contributed by atoms with Gasteiger partial charge in [0.05, 0.1) is 12.7 Å². The van der Waals surface area contributed by atoms with Gasteiger partial charge < -0.3 is 15.6 Å². The van der Waals surface area contributed by atoms with E-state index in [0.717, 1.165) is 12.0 Å². The van der Waals surface area contributed by atoms with Crippen molar-refractivity contribution >= 4 is 5.82 Å². The van der Waals surface area contributed by atoms with Crippen LogP contribution in [0.1, 0.15) is 19.1 Å². The van der Waals surface area contributed by atoms with Crippen molar-refractivity contribution in [2.75, 3.05) is 12.3 Å². The zero-order valence-corrected chi connectivity index (χ0v) is 11.5. The molecule has 1 fully saturated rings. The van der Waals surface area contributed by atoms with Gasteiger partial charge in [0.1, 0.15) is 12.0 Å². The Bertz CT molecular complexity index is 684. The molecular formula is C15H17N3O3. The molecule has 3 N–H and O–H groups in total. The number of ether oxygens (including phenoxy) is 1. The smallest absolute Gasteiger partial charge is 0.351 e. The number of nitrogens with zero attached hydrogens (tertiary/aromatic N) is 2. The molecule has 0 amide bonds. The van der Waals surface area contributed by atoms with E-state index < -0.39 is 11.9 Å². The van der Waals surface area contributed by atoms with Crippen molar-refractivity contribution in [3.8, 4) is 11.1 Å². The highest BCUT2D eigenvalue weighted by Crippen LogP contribution is 2.29. The fourth-order valence-electron chi connectivity index (χ4n) is 2.55. The van der Waals surface area contributed by atoms with Gasteiger partial charge in [0.15, 0.2) is 0 Å². The third-order valence-corrected chi connectivity index (χ3v) is 3.66. The molecular weight excluding hydrogens is 270 g/mol. The molecule has 0 spiro atoms. The summed E-state index contributed by atoms with van der Waals surface area (Å²) in [6, 6.07) is 9.54. The molecule has 1 saturated heterocycles. The normalized spacial score (nSPS) is 21.6. The SMILES string of the molecule is Nc1nc(=O)n([C@H]2CC[C@@H](CO)O2)cc1-c1ccccc1. The van der Waals surface area contributed by atoms with Crippen LogP contribution < -0.4 is 11.4 Å². The number of aliphatic hydroxyl groups is 1. The van der Waals surface area contributed by atoms with Gasteiger partial charge in [-0.05, 0) is 18.4 Å². The van der Waals surface area contributed by atoms with Crippen molar-refractivity contribution in [3.63, 3.8) is 0 Å². The van der Waals surface area contributed by atoms with Gasteiger partial charge in [-0.1, -0.05) is 30.3 Å². The second-order valence-corrected chi connectivity index (χ2v) is 5.07. The number of nitrogens with two attached hydrogens (primary N) is 1. The second kappa shape index (κ2) is 5.67. The van der Waals surface area contributed by atoms with Crippen LogP contribution in [0.5, 0.6) is 0 Å². The van der Waals surface area contributed by atoms with Gasteiger partial charge in [-0.2, -0.15) is 4.98 Å². The number of hydrogen-bond acceptors (Lipinski definition) is 5. The predicted octanol–water partition coefficient (Wildman–Crippen LogP) is 1.16. The summed E-state index contributed by atoms with van der Waals surface area (Å²) >= 11 is 0. The molecule has 1 aromatic carbocycles. The first-order valence-corrected chi connectivity index (χ1v) is 6.89. The maximum absolute atomic E-state index is 12.0. The zero-order chi connectivity index (χ0) is 14.8. The molecule has 2 heterocycles. The monoisotopic (exact) mass is 287 g/mol. The third-order valence-electron chi connectivity index (χ3n) is 3.66. The van der Waals surface area contributed by atoms with Gasteiger partial charge in [-0.15, -0.1) is 0 Å². The zero-order valence-electron chi connectivity index (χ0n) is 11.5. The van der Waals surface area contributed by atoms with Crippen LogP contribution in [0.2, 0.25) is 0 Å². The summed E-state index contributed by atoms with van der Waals surface area (Å²) in [5, 5.41) is 9.13. The Hall–Kier alpha value is -2.18. The van der Waals surface area contributed by atoms with Crippen LogP contribution >= 0.6 is 0 Å². The van der Waals surface area contributed by atoms with Crippen LogP contribution in [-0.2, 0) is 4.74 Å². The summed E-state index contributed by atoms with van der Waals surface area (Å²) in [5.41, 5.74) is 7.03. The Balaban J connectivity index is 2.01. The molecule has 1 aromatic heterocycles. The first kappa shape index (κ1) is 13.8. The standard InChI is InChI=1S/C15H17N3O3/c16-14-12(10-4-2-1-3-5-10)8-18(15(20)17-14)13-7-6-11(9-19)21-13/h1-5,8,11,13,19H,6-7,9H2,(H2,16,17,20)/t11-,13+/m0/s1. The molecule has 0 unspecified atom stereocenters. The fraction of sp³-hybridized carbons (Fsp3) is 0.333. The third kappa shape index (κ3) is 2.68. The van der Waals surface area contributed by atoms with Crippen molar-refractivity contribution in [2.24, 2.45) is 0 Å². The maximum atomic E-state index is 12.0. The lowest BCUT2D eigenvalue weighted by molar-refractivity contribution is -0.0244. The summed E-state index contributed by atoms with van der Waals surface area (Å²) in [7, 11) is 0. The number of anilines is 1. The fourth-order valence-corrected chi connectivity index (χ4v) is 2.55. The molecule has 3 rings (SSSR count). The van der Waals surface area contributed by atoms with Crippen molar-refractivity contribution in [2.45, 2.75) is 25.2 Å². The van der Waals surface area contributed by atoms with Gasteiger partial charge in [0, 0.05) is 11.8 Å². The van der Waals surface area contributed by atoms with Gasteiger partial charge in [0.2, 0.25) is 0 Å². The largest absolute Gasteiger partial charge is 0.394 e. The van der Waals surface area contributed by atoms with Crippen molar-refractivity contribution in [1.82, 2.24) is 9.55 Å². The van der Waals surface area contributed by atoms with Crippen molar-refractivity contribution in [1.29, 1.82) is 0 Å². The van der Waals surface area contributed by atoms with E-state index in [1.807, 2.05) is 30.3 Å². The summed E-state index contributed by atoms with van der Waals surface area (Å²) in [6.45, 7) is -0.0425. The first-order chi connectivity index (χ1) is 10.2. The molecule has 0 radical (unpaired) electrons. The molecule has 0 bridgehead atoms. The summed E-state index contributed by atoms with van der Waals surface area (Å²) in [6.07, 6.45) is 2.46. The quantitative estimate of drug-likeness (QED) is 0.884. The van der Waals surface area contributed by atoms with Gasteiger partial charge in [0.25, 0.3) is 0 Å². The van der Waals surface area contributed by atoms with Crippen LogP contribution in [-0.4, -0.2) is 27.4 Å². The van der Waals surface area contributed by atoms with Gasteiger partial charge in [-0.25, -0.2) is 4.79 Å². The number of hydrogen-bond donors (Lipinski definition) is 2. The lowest BCUT2D eigenvalue weighted by atomic mass is 10.1. The van der Waals surface area contributed by atoms with Crippen molar-refractivity contribution in [3.05, 3.63) is 47.0 Å². The molecule has 2 atom stereocenters. The Morgan fingerprint density at radius 3 is 2.76 bits per heavy atom. The molecule has 0 saturated carbocycles. The molecule has 6 nitrogen and oxygen atoms in total. The predicted molar refractivity (Wildman–Crippen MR) is 78.6 cm³/mol. The minimum absolute atomic E-state index is 0.0425. The van der Waals surface area contributed by atoms with E-state index in [0.29, 0.717) is 12.0 Å². The number of aliphatic hydroxyl groups excluding tert-OH is 1. The van der Waals surface area contributed by atoms with E-state index >= 15 is 0 Å². The number of rotatable bonds is 3. The van der Waals surface area contributed by atoms with Crippen LogP contribution in [0.3, 0.4) is 0 Å². The Labute approximate surface area is 121 Å². The second-order valence-electron chi connectivity index (χ2n) is 5.07. The Morgan fingerprint density at radius 1 is 1.33 bits per heavy atom. The molecule has 110 valence electrons. The average molecular weight is 287 g/mol. The van der Waals surface area contributed by atoms with Crippen LogP contribution in [0.15, 0.2) is 41.3 Å². The Morgan fingerprint density at radius 2 is 2.10 bits per heavy atom. The molecule has 2 aromatic rings. The number of nitrogen functional groups attached to an aromatic ring is 1. The molecule has 1 aliphatic rings. The van der Waals surface area contributed by atoms with Crippen LogP contribution in [0.25, 0.3) is 11.1 Å². The number of benzene rings is 1. The van der Waals surface area contributed by atoms with Crippen LogP contribution in [0.4, 0.5) is 5.82 Å². The number of aromatic nitrogens is 2. The van der Waals surface area contributed by atoms with Gasteiger partial charge in [-0.3, -0.25) is 4.57 Å². The van der Waals surface area contributed by atoms with Gasteiger partial charge >= 0.3 is 5.69 Å². The highest BCUT2D eigenvalue weighted by Gasteiger charge is 2.27. The van der Waals surface area contributed by atoms with E-state index in [1.165, 1.54) is 4.57 Å².